The van der Waals surface area contributed by atoms with E-state index >= 15 is 0 Å². The standard InChI is InChI=1S/C10H12FN/c1-2-7-5-9(11)8-3-4-12-10(8)6-7/h5-6,12H,2-4H2,1H3. The Morgan fingerprint density at radius 3 is 3.08 bits per heavy atom. The molecule has 0 amide bonds. The Hall–Kier alpha value is -1.05. The molecule has 0 unspecified atom stereocenters. The van der Waals surface area contributed by atoms with Gasteiger partial charge in [0.05, 0.1) is 0 Å². The molecule has 0 radical (unpaired) electrons. The normalized spacial score (nSPS) is 14.2. The number of hydrogen-bond acceptors (Lipinski definition) is 1. The molecule has 2 heteroatoms. The summed E-state index contributed by atoms with van der Waals surface area (Å²) in [7, 11) is 0. The van der Waals surface area contributed by atoms with Crippen LogP contribution in [-0.4, -0.2) is 6.54 Å². The minimum Gasteiger partial charge on any atom is -0.384 e. The van der Waals surface area contributed by atoms with Gasteiger partial charge < -0.3 is 5.32 Å². The molecule has 0 spiro atoms. The summed E-state index contributed by atoms with van der Waals surface area (Å²) < 4.78 is 13.3. The molecular weight excluding hydrogens is 153 g/mol. The van der Waals surface area contributed by atoms with Crippen LogP contribution >= 0.6 is 0 Å². The SMILES string of the molecule is CCc1cc(F)c2c(c1)NCC2. The van der Waals surface area contributed by atoms with E-state index < -0.39 is 0 Å². The van der Waals surface area contributed by atoms with Gasteiger partial charge in [0.1, 0.15) is 5.82 Å². The maximum Gasteiger partial charge on any atom is 0.128 e. The number of nitrogens with one attached hydrogen (secondary N) is 1. The fourth-order valence-electron chi connectivity index (χ4n) is 1.63. The molecule has 0 bridgehead atoms. The quantitative estimate of drug-likeness (QED) is 0.673. The molecular formula is C10H12FN. The lowest BCUT2D eigenvalue weighted by atomic mass is 10.1. The van der Waals surface area contributed by atoms with Gasteiger partial charge in [0.15, 0.2) is 0 Å². The molecule has 1 nitrogen and oxygen atoms in total. The monoisotopic (exact) mass is 165 g/mol. The summed E-state index contributed by atoms with van der Waals surface area (Å²) in [4.78, 5) is 0. The summed E-state index contributed by atoms with van der Waals surface area (Å²) >= 11 is 0. The molecule has 0 aliphatic carbocycles. The Morgan fingerprint density at radius 1 is 1.50 bits per heavy atom. The Morgan fingerprint density at radius 2 is 2.33 bits per heavy atom. The predicted octanol–water partition coefficient (Wildman–Crippen LogP) is 2.36. The lowest BCUT2D eigenvalue weighted by Gasteiger charge is -2.03. The van der Waals surface area contributed by atoms with Crippen LogP contribution in [0, 0.1) is 5.82 Å². The second-order valence-electron chi connectivity index (χ2n) is 3.13. The van der Waals surface area contributed by atoms with Crippen LogP contribution in [0.15, 0.2) is 12.1 Å². The Bertz CT molecular complexity index is 307. The zero-order chi connectivity index (χ0) is 8.55. The van der Waals surface area contributed by atoms with Gasteiger partial charge >= 0.3 is 0 Å². The van der Waals surface area contributed by atoms with Crippen molar-refractivity contribution in [2.45, 2.75) is 19.8 Å². The second kappa shape index (κ2) is 2.77. The van der Waals surface area contributed by atoms with Crippen molar-refractivity contribution in [1.82, 2.24) is 0 Å². The van der Waals surface area contributed by atoms with Crippen molar-refractivity contribution in [3.63, 3.8) is 0 Å². The highest BCUT2D eigenvalue weighted by atomic mass is 19.1. The maximum absolute atomic E-state index is 13.3. The Labute approximate surface area is 71.6 Å². The molecule has 0 saturated heterocycles. The van der Waals surface area contributed by atoms with Crippen molar-refractivity contribution >= 4 is 5.69 Å². The molecule has 1 N–H and O–H groups in total. The molecule has 1 aromatic carbocycles. The number of halogens is 1. The van der Waals surface area contributed by atoms with Crippen molar-refractivity contribution in [3.05, 3.63) is 29.1 Å². The van der Waals surface area contributed by atoms with Crippen molar-refractivity contribution in [1.29, 1.82) is 0 Å². The van der Waals surface area contributed by atoms with Gasteiger partial charge in [-0.3, -0.25) is 0 Å². The van der Waals surface area contributed by atoms with Crippen LogP contribution in [0.1, 0.15) is 18.1 Å². The average Bonchev–Trinajstić information content (AvgIpc) is 2.52. The first-order chi connectivity index (χ1) is 5.81. The van der Waals surface area contributed by atoms with Crippen molar-refractivity contribution in [3.8, 4) is 0 Å². The molecule has 0 atom stereocenters. The summed E-state index contributed by atoms with van der Waals surface area (Å²) in [5.41, 5.74) is 2.92. The molecule has 1 heterocycles. The van der Waals surface area contributed by atoms with Gasteiger partial charge in [-0.15, -0.1) is 0 Å². The van der Waals surface area contributed by atoms with Crippen LogP contribution in [0.4, 0.5) is 10.1 Å². The number of anilines is 1. The number of aryl methyl sites for hydroxylation is 1. The van der Waals surface area contributed by atoms with Crippen LogP contribution in [0.5, 0.6) is 0 Å². The van der Waals surface area contributed by atoms with Crippen molar-refractivity contribution < 1.29 is 4.39 Å². The number of hydrogen-bond donors (Lipinski definition) is 1. The van der Waals surface area contributed by atoms with Crippen LogP contribution in [-0.2, 0) is 12.8 Å². The molecule has 0 fully saturated rings. The lowest BCUT2D eigenvalue weighted by molar-refractivity contribution is 0.613. The van der Waals surface area contributed by atoms with E-state index in [0.717, 1.165) is 36.2 Å². The van der Waals surface area contributed by atoms with E-state index in [1.807, 2.05) is 13.0 Å². The molecule has 1 aliphatic rings. The van der Waals surface area contributed by atoms with E-state index in [0.29, 0.717) is 0 Å². The summed E-state index contributed by atoms with van der Waals surface area (Å²) in [5, 5.41) is 3.18. The number of rotatable bonds is 1. The highest BCUT2D eigenvalue weighted by Gasteiger charge is 2.14. The van der Waals surface area contributed by atoms with E-state index in [9.17, 15) is 4.39 Å². The Kier molecular flexibility index (Phi) is 1.75. The Balaban J connectivity index is 2.51. The van der Waals surface area contributed by atoms with E-state index in [1.165, 1.54) is 0 Å². The zero-order valence-corrected chi connectivity index (χ0v) is 7.15. The lowest BCUT2D eigenvalue weighted by Crippen LogP contribution is -1.91. The van der Waals surface area contributed by atoms with Gasteiger partial charge in [-0.1, -0.05) is 6.92 Å². The minimum atomic E-state index is -0.0469. The third-order valence-corrected chi connectivity index (χ3v) is 2.35. The van der Waals surface area contributed by atoms with E-state index in [4.69, 9.17) is 0 Å². The first-order valence-electron chi connectivity index (χ1n) is 4.36. The van der Waals surface area contributed by atoms with Crippen molar-refractivity contribution in [2.24, 2.45) is 0 Å². The summed E-state index contributed by atoms with van der Waals surface area (Å²) in [6.45, 7) is 2.91. The van der Waals surface area contributed by atoms with Gasteiger partial charge in [0, 0.05) is 17.8 Å². The largest absolute Gasteiger partial charge is 0.384 e. The fourth-order valence-corrected chi connectivity index (χ4v) is 1.63. The number of fused-ring (bicyclic) bond motifs is 1. The summed E-state index contributed by atoms with van der Waals surface area (Å²) in [6, 6.07) is 3.69. The molecule has 12 heavy (non-hydrogen) atoms. The average molecular weight is 165 g/mol. The molecule has 2 rings (SSSR count). The second-order valence-corrected chi connectivity index (χ2v) is 3.13. The third-order valence-electron chi connectivity index (χ3n) is 2.35. The van der Waals surface area contributed by atoms with Gasteiger partial charge in [0.2, 0.25) is 0 Å². The summed E-state index contributed by atoms with van der Waals surface area (Å²) in [5.74, 6) is -0.0469. The van der Waals surface area contributed by atoms with Gasteiger partial charge in [-0.05, 0) is 30.5 Å². The van der Waals surface area contributed by atoms with Gasteiger partial charge in [0.25, 0.3) is 0 Å². The highest BCUT2D eigenvalue weighted by molar-refractivity contribution is 5.57. The van der Waals surface area contributed by atoms with Crippen molar-refractivity contribution in [2.75, 3.05) is 11.9 Å². The fraction of sp³-hybridized carbons (Fsp3) is 0.400. The van der Waals surface area contributed by atoms with Gasteiger partial charge in [-0.25, -0.2) is 4.39 Å². The topological polar surface area (TPSA) is 12.0 Å². The number of benzene rings is 1. The third kappa shape index (κ3) is 1.07. The predicted molar refractivity (Wildman–Crippen MR) is 48.0 cm³/mol. The molecule has 0 aromatic heterocycles. The molecule has 0 saturated carbocycles. The molecule has 64 valence electrons. The van der Waals surface area contributed by atoms with E-state index in [1.54, 1.807) is 6.07 Å². The van der Waals surface area contributed by atoms with E-state index in [-0.39, 0.29) is 5.82 Å². The van der Waals surface area contributed by atoms with Crippen LogP contribution < -0.4 is 5.32 Å². The zero-order valence-electron chi connectivity index (χ0n) is 7.15. The first kappa shape index (κ1) is 7.59. The molecule has 1 aromatic rings. The van der Waals surface area contributed by atoms with Gasteiger partial charge in [-0.2, -0.15) is 0 Å². The smallest absolute Gasteiger partial charge is 0.128 e. The first-order valence-corrected chi connectivity index (χ1v) is 4.36. The van der Waals surface area contributed by atoms with Crippen LogP contribution in [0.3, 0.4) is 0 Å². The highest BCUT2D eigenvalue weighted by Crippen LogP contribution is 2.26. The van der Waals surface area contributed by atoms with Crippen LogP contribution in [0.25, 0.3) is 0 Å². The molecule has 1 aliphatic heterocycles. The van der Waals surface area contributed by atoms with Crippen LogP contribution in [0.2, 0.25) is 0 Å². The van der Waals surface area contributed by atoms with E-state index in [2.05, 4.69) is 5.32 Å². The summed E-state index contributed by atoms with van der Waals surface area (Å²) in [6.07, 6.45) is 1.72. The minimum absolute atomic E-state index is 0.0469. The maximum atomic E-state index is 13.3.